The van der Waals surface area contributed by atoms with E-state index < -0.39 is 0 Å². The Kier molecular flexibility index (Phi) is 2.71. The van der Waals surface area contributed by atoms with Crippen molar-refractivity contribution in [1.29, 1.82) is 0 Å². The van der Waals surface area contributed by atoms with E-state index in [0.29, 0.717) is 13.2 Å². The number of hydrogen-bond acceptors (Lipinski definition) is 3. The van der Waals surface area contributed by atoms with E-state index in [1.54, 1.807) is 11.3 Å². The van der Waals surface area contributed by atoms with Gasteiger partial charge < -0.3 is 10.5 Å². The zero-order chi connectivity index (χ0) is 7.40. The summed E-state index contributed by atoms with van der Waals surface area (Å²) in [5, 5.41) is 4.05. The quantitative estimate of drug-likeness (QED) is 0.719. The first-order chi connectivity index (χ1) is 4.84. The summed E-state index contributed by atoms with van der Waals surface area (Å²) in [6, 6.07) is 0. The largest absolute Gasteiger partial charge is 0.491 e. The van der Waals surface area contributed by atoms with Crippen LogP contribution in [0.5, 0.6) is 5.75 Å². The molecule has 56 valence electrons. The molecule has 0 saturated carbocycles. The van der Waals surface area contributed by atoms with Gasteiger partial charge in [-0.3, -0.25) is 0 Å². The second kappa shape index (κ2) is 3.58. The lowest BCUT2D eigenvalue weighted by Gasteiger charge is -2.01. The van der Waals surface area contributed by atoms with E-state index in [-0.39, 0.29) is 0 Å². The summed E-state index contributed by atoms with van der Waals surface area (Å²) in [5.74, 6) is 0.968. The van der Waals surface area contributed by atoms with E-state index in [4.69, 9.17) is 10.5 Å². The van der Waals surface area contributed by atoms with Gasteiger partial charge in [0.1, 0.15) is 12.4 Å². The van der Waals surface area contributed by atoms with Crippen molar-refractivity contribution in [3.8, 4) is 5.75 Å². The van der Waals surface area contributed by atoms with Gasteiger partial charge in [-0.05, 0) is 12.3 Å². The van der Waals surface area contributed by atoms with Gasteiger partial charge in [0.2, 0.25) is 0 Å². The first-order valence-electron chi connectivity index (χ1n) is 3.20. The molecule has 0 saturated heterocycles. The molecule has 0 aliphatic rings. The van der Waals surface area contributed by atoms with Crippen LogP contribution in [0.25, 0.3) is 0 Å². The standard InChI is InChI=1S/C7H11NOS/c1-6-4-10-5-7(6)9-3-2-8/h4-5H,2-3,8H2,1H3. The predicted octanol–water partition coefficient (Wildman–Crippen LogP) is 1.39. The molecular weight excluding hydrogens is 146 g/mol. The summed E-state index contributed by atoms with van der Waals surface area (Å²) in [6.45, 7) is 3.22. The Morgan fingerprint density at radius 1 is 1.60 bits per heavy atom. The average molecular weight is 157 g/mol. The average Bonchev–Trinajstić information content (AvgIpc) is 2.31. The van der Waals surface area contributed by atoms with E-state index >= 15 is 0 Å². The summed E-state index contributed by atoms with van der Waals surface area (Å²) in [5.41, 5.74) is 6.47. The smallest absolute Gasteiger partial charge is 0.132 e. The zero-order valence-electron chi connectivity index (χ0n) is 5.96. The lowest BCUT2D eigenvalue weighted by Crippen LogP contribution is -2.10. The summed E-state index contributed by atoms with van der Waals surface area (Å²) < 4.78 is 5.31. The van der Waals surface area contributed by atoms with Crippen molar-refractivity contribution in [2.45, 2.75) is 6.92 Å². The minimum Gasteiger partial charge on any atom is -0.491 e. The maximum atomic E-state index is 5.31. The van der Waals surface area contributed by atoms with Crippen molar-refractivity contribution in [1.82, 2.24) is 0 Å². The van der Waals surface area contributed by atoms with Crippen LogP contribution >= 0.6 is 11.3 Å². The predicted molar refractivity (Wildman–Crippen MR) is 43.6 cm³/mol. The Labute approximate surface area is 64.6 Å². The van der Waals surface area contributed by atoms with Gasteiger partial charge in [-0.25, -0.2) is 0 Å². The van der Waals surface area contributed by atoms with E-state index in [1.165, 1.54) is 5.56 Å². The van der Waals surface area contributed by atoms with E-state index in [2.05, 4.69) is 5.38 Å². The second-order valence-corrected chi connectivity index (χ2v) is 2.80. The molecular formula is C7H11NOS. The highest BCUT2D eigenvalue weighted by molar-refractivity contribution is 7.08. The van der Waals surface area contributed by atoms with Crippen LogP contribution in [0, 0.1) is 6.92 Å². The van der Waals surface area contributed by atoms with Crippen LogP contribution in [0.3, 0.4) is 0 Å². The van der Waals surface area contributed by atoms with Gasteiger partial charge in [-0.15, -0.1) is 11.3 Å². The van der Waals surface area contributed by atoms with E-state index in [1.807, 2.05) is 12.3 Å². The molecule has 1 heterocycles. The summed E-state index contributed by atoms with van der Waals surface area (Å²) >= 11 is 1.65. The number of thiophene rings is 1. The molecule has 2 nitrogen and oxygen atoms in total. The molecule has 3 heteroatoms. The van der Waals surface area contributed by atoms with Crippen LogP contribution in [-0.2, 0) is 0 Å². The molecule has 0 amide bonds. The highest BCUT2D eigenvalue weighted by atomic mass is 32.1. The number of ether oxygens (including phenoxy) is 1. The van der Waals surface area contributed by atoms with Gasteiger partial charge in [0.15, 0.2) is 0 Å². The zero-order valence-corrected chi connectivity index (χ0v) is 6.78. The lowest BCUT2D eigenvalue weighted by molar-refractivity contribution is 0.327. The molecule has 0 aliphatic carbocycles. The highest BCUT2D eigenvalue weighted by Crippen LogP contribution is 2.21. The number of nitrogens with two attached hydrogens (primary N) is 1. The van der Waals surface area contributed by atoms with Crippen molar-refractivity contribution >= 4 is 11.3 Å². The Morgan fingerprint density at radius 2 is 2.40 bits per heavy atom. The SMILES string of the molecule is Cc1cscc1OCCN. The van der Waals surface area contributed by atoms with Gasteiger partial charge in [0, 0.05) is 17.5 Å². The Morgan fingerprint density at radius 3 is 2.90 bits per heavy atom. The van der Waals surface area contributed by atoms with Crippen molar-refractivity contribution in [3.63, 3.8) is 0 Å². The topological polar surface area (TPSA) is 35.2 Å². The van der Waals surface area contributed by atoms with Gasteiger partial charge in [0.25, 0.3) is 0 Å². The molecule has 1 aromatic heterocycles. The fraction of sp³-hybridized carbons (Fsp3) is 0.429. The second-order valence-electron chi connectivity index (χ2n) is 2.06. The normalized spacial score (nSPS) is 9.80. The molecule has 2 N–H and O–H groups in total. The third-order valence-electron chi connectivity index (χ3n) is 1.18. The molecule has 0 fully saturated rings. The molecule has 1 aromatic rings. The molecule has 0 atom stereocenters. The number of rotatable bonds is 3. The third kappa shape index (κ3) is 1.72. The molecule has 0 radical (unpaired) electrons. The number of hydrogen-bond donors (Lipinski definition) is 1. The molecule has 0 aromatic carbocycles. The van der Waals surface area contributed by atoms with Crippen LogP contribution < -0.4 is 10.5 Å². The highest BCUT2D eigenvalue weighted by Gasteiger charge is 1.97. The number of aryl methyl sites for hydroxylation is 1. The minimum absolute atomic E-state index is 0.579. The molecule has 10 heavy (non-hydrogen) atoms. The van der Waals surface area contributed by atoms with Crippen LogP contribution in [0.2, 0.25) is 0 Å². The Bertz CT molecular complexity index is 197. The van der Waals surface area contributed by atoms with E-state index in [0.717, 1.165) is 5.75 Å². The van der Waals surface area contributed by atoms with E-state index in [9.17, 15) is 0 Å². The first kappa shape index (κ1) is 7.57. The molecule has 1 rings (SSSR count). The minimum atomic E-state index is 0.579. The molecule has 0 bridgehead atoms. The third-order valence-corrected chi connectivity index (χ3v) is 2.02. The fourth-order valence-corrected chi connectivity index (χ4v) is 1.43. The van der Waals surface area contributed by atoms with Gasteiger partial charge in [0.05, 0.1) is 0 Å². The summed E-state index contributed by atoms with van der Waals surface area (Å²) in [7, 11) is 0. The van der Waals surface area contributed by atoms with Crippen molar-refractivity contribution in [3.05, 3.63) is 16.3 Å². The van der Waals surface area contributed by atoms with Crippen LogP contribution in [-0.4, -0.2) is 13.2 Å². The van der Waals surface area contributed by atoms with Crippen LogP contribution in [0.1, 0.15) is 5.56 Å². The Balaban J connectivity index is 2.49. The van der Waals surface area contributed by atoms with Crippen molar-refractivity contribution in [2.75, 3.05) is 13.2 Å². The Hall–Kier alpha value is -0.540. The van der Waals surface area contributed by atoms with Crippen LogP contribution in [0.4, 0.5) is 0 Å². The maximum Gasteiger partial charge on any atom is 0.132 e. The molecule has 0 aliphatic heterocycles. The van der Waals surface area contributed by atoms with Crippen molar-refractivity contribution < 1.29 is 4.74 Å². The van der Waals surface area contributed by atoms with Gasteiger partial charge in [-0.1, -0.05) is 0 Å². The summed E-state index contributed by atoms with van der Waals surface area (Å²) in [4.78, 5) is 0. The maximum absolute atomic E-state index is 5.31. The summed E-state index contributed by atoms with van der Waals surface area (Å²) in [6.07, 6.45) is 0. The lowest BCUT2D eigenvalue weighted by atomic mass is 10.4. The first-order valence-corrected chi connectivity index (χ1v) is 4.14. The van der Waals surface area contributed by atoms with Crippen molar-refractivity contribution in [2.24, 2.45) is 5.73 Å². The fourth-order valence-electron chi connectivity index (χ4n) is 0.666. The monoisotopic (exact) mass is 157 g/mol. The molecule has 0 spiro atoms. The van der Waals surface area contributed by atoms with Gasteiger partial charge in [-0.2, -0.15) is 0 Å². The van der Waals surface area contributed by atoms with Gasteiger partial charge >= 0.3 is 0 Å². The molecule has 0 unspecified atom stereocenters. The van der Waals surface area contributed by atoms with Crippen LogP contribution in [0.15, 0.2) is 10.8 Å².